The van der Waals surface area contributed by atoms with E-state index < -0.39 is 35.4 Å². The fraction of sp³-hybridized carbons (Fsp3) is 0.345. The molecule has 1 heterocycles. The van der Waals surface area contributed by atoms with Crippen LogP contribution in [-0.2, 0) is 38.3 Å². The molecule has 8 heteroatoms. The average Bonchev–Trinajstić information content (AvgIpc) is 3.13. The summed E-state index contributed by atoms with van der Waals surface area (Å²) in [5.41, 5.74) is 1.76. The number of fused-ring (bicyclic) bond motifs is 1. The van der Waals surface area contributed by atoms with Gasteiger partial charge in [0.25, 0.3) is 0 Å². The fourth-order valence-electron chi connectivity index (χ4n) is 4.16. The van der Waals surface area contributed by atoms with E-state index in [1.165, 1.54) is 23.8 Å². The first kappa shape index (κ1) is 27.6. The molecule has 196 valence electrons. The fourth-order valence-corrected chi connectivity index (χ4v) is 4.16. The second kappa shape index (κ2) is 11.9. The molecule has 37 heavy (non-hydrogen) atoms. The van der Waals surface area contributed by atoms with Gasteiger partial charge in [-0.15, -0.1) is 0 Å². The van der Waals surface area contributed by atoms with Crippen LogP contribution in [0.25, 0.3) is 10.9 Å². The largest absolute Gasteiger partial charge is 0.467 e. The van der Waals surface area contributed by atoms with Gasteiger partial charge >= 0.3 is 12.1 Å². The second-order valence-electron chi connectivity index (χ2n) is 9.69. The summed E-state index contributed by atoms with van der Waals surface area (Å²) >= 11 is 0. The number of nitrogens with zero attached hydrogens (tertiary/aromatic N) is 1. The Morgan fingerprint density at radius 1 is 1.11 bits per heavy atom. The maximum Gasteiger partial charge on any atom is 0.419 e. The van der Waals surface area contributed by atoms with E-state index in [0.29, 0.717) is 28.8 Å². The quantitative estimate of drug-likeness (QED) is 0.337. The lowest BCUT2D eigenvalue weighted by molar-refractivity contribution is -0.145. The number of halogens is 1. The highest BCUT2D eigenvalue weighted by atomic mass is 19.1. The molecule has 0 spiro atoms. The van der Waals surface area contributed by atoms with Gasteiger partial charge in [-0.2, -0.15) is 0 Å². The van der Waals surface area contributed by atoms with Gasteiger partial charge in [0.05, 0.1) is 19.0 Å². The summed E-state index contributed by atoms with van der Waals surface area (Å²) < 4.78 is 25.7. The lowest BCUT2D eigenvalue weighted by atomic mass is 10.0. The van der Waals surface area contributed by atoms with Crippen LogP contribution in [0.4, 0.5) is 9.18 Å². The van der Waals surface area contributed by atoms with Crippen molar-refractivity contribution in [1.82, 2.24) is 9.88 Å². The molecule has 1 amide bonds. The molecular formula is C29H33FN2O5. The van der Waals surface area contributed by atoms with Gasteiger partial charge in [0.1, 0.15) is 17.5 Å². The molecule has 0 radical (unpaired) electrons. The first-order chi connectivity index (χ1) is 17.5. The van der Waals surface area contributed by atoms with Gasteiger partial charge in [0.15, 0.2) is 0 Å². The van der Waals surface area contributed by atoms with Gasteiger partial charge in [-0.05, 0) is 57.0 Å². The Morgan fingerprint density at radius 3 is 2.49 bits per heavy atom. The number of amides is 1. The molecule has 3 aromatic rings. The summed E-state index contributed by atoms with van der Waals surface area (Å²) in [5, 5.41) is 3.47. The van der Waals surface area contributed by atoms with Gasteiger partial charge in [-0.25, -0.2) is 18.5 Å². The Balaban J connectivity index is 1.97. The first-order valence-electron chi connectivity index (χ1n) is 12.1. The number of esters is 1. The number of aromatic nitrogens is 1. The Labute approximate surface area is 216 Å². The molecule has 0 bridgehead atoms. The van der Waals surface area contributed by atoms with Crippen LogP contribution in [0.3, 0.4) is 0 Å². The normalized spacial score (nSPS) is 12.5. The number of benzene rings is 2. The number of nitrogens with one attached hydrogen (secondary N) is 1. The number of hydrogen-bond acceptors (Lipinski definition) is 5. The van der Waals surface area contributed by atoms with E-state index >= 15 is 0 Å². The number of allylic oxidation sites excluding steroid dienone is 2. The lowest BCUT2D eigenvalue weighted by Gasteiger charge is -2.21. The van der Waals surface area contributed by atoms with Gasteiger partial charge in [0, 0.05) is 23.9 Å². The van der Waals surface area contributed by atoms with Gasteiger partial charge in [-0.3, -0.25) is 4.79 Å². The number of hydrogen-bond donors (Lipinski definition) is 1. The molecule has 0 saturated heterocycles. The highest BCUT2D eigenvalue weighted by Crippen LogP contribution is 2.29. The zero-order valence-corrected chi connectivity index (χ0v) is 21.8. The molecule has 0 aliphatic rings. The van der Waals surface area contributed by atoms with E-state index in [0.717, 1.165) is 5.39 Å². The Hall–Kier alpha value is -3.94. The van der Waals surface area contributed by atoms with Crippen molar-refractivity contribution in [2.75, 3.05) is 7.11 Å². The molecule has 2 aromatic carbocycles. The van der Waals surface area contributed by atoms with Gasteiger partial charge in [-0.1, -0.05) is 42.5 Å². The second-order valence-corrected chi connectivity index (χ2v) is 9.69. The first-order valence-corrected chi connectivity index (χ1v) is 12.1. The maximum absolute atomic E-state index is 13.7. The van der Waals surface area contributed by atoms with Crippen LogP contribution in [0.15, 0.2) is 60.7 Å². The SMILES string of the molecule is C/C=C\Cc1c(CC(=O)NC(Cc2cccc(F)c2)C(=O)OC)c2ccccc2n1C(=O)OC(C)(C)C. The maximum atomic E-state index is 13.7. The van der Waals surface area contributed by atoms with Crippen molar-refractivity contribution >= 4 is 28.9 Å². The van der Waals surface area contributed by atoms with Crippen molar-refractivity contribution < 1.29 is 28.2 Å². The zero-order chi connectivity index (χ0) is 27.2. The highest BCUT2D eigenvalue weighted by molar-refractivity contribution is 5.97. The van der Waals surface area contributed by atoms with E-state index in [1.54, 1.807) is 39.0 Å². The molecule has 1 unspecified atom stereocenters. The summed E-state index contributed by atoms with van der Waals surface area (Å²) in [6, 6.07) is 12.1. The van der Waals surface area contributed by atoms with Crippen molar-refractivity contribution in [1.29, 1.82) is 0 Å². The number of carbonyl (C=O) groups is 3. The number of ether oxygens (including phenoxy) is 2. The Kier molecular flexibility index (Phi) is 8.86. The third kappa shape index (κ3) is 7.06. The summed E-state index contributed by atoms with van der Waals surface area (Å²) in [5.74, 6) is -1.50. The van der Waals surface area contributed by atoms with E-state index in [4.69, 9.17) is 9.47 Å². The molecule has 1 N–H and O–H groups in total. The van der Waals surface area contributed by atoms with Crippen molar-refractivity contribution in [2.24, 2.45) is 0 Å². The number of carbonyl (C=O) groups excluding carboxylic acids is 3. The molecular weight excluding hydrogens is 475 g/mol. The van der Waals surface area contributed by atoms with Gasteiger partial charge < -0.3 is 14.8 Å². The molecule has 1 aromatic heterocycles. The Morgan fingerprint density at radius 2 is 1.84 bits per heavy atom. The number of methoxy groups -OCH3 is 1. The summed E-state index contributed by atoms with van der Waals surface area (Å²) in [4.78, 5) is 38.9. The smallest absolute Gasteiger partial charge is 0.419 e. The van der Waals surface area contributed by atoms with E-state index in [9.17, 15) is 18.8 Å². The van der Waals surface area contributed by atoms with E-state index in [-0.39, 0.29) is 12.8 Å². The summed E-state index contributed by atoms with van der Waals surface area (Å²) in [6.07, 6.45) is 3.62. The Bertz CT molecular complexity index is 1320. The summed E-state index contributed by atoms with van der Waals surface area (Å²) in [7, 11) is 1.23. The van der Waals surface area contributed by atoms with Crippen LogP contribution in [0.5, 0.6) is 0 Å². The van der Waals surface area contributed by atoms with Gasteiger partial charge in [0.2, 0.25) is 5.91 Å². The lowest BCUT2D eigenvalue weighted by Crippen LogP contribution is -2.43. The van der Waals surface area contributed by atoms with Crippen molar-refractivity contribution in [3.63, 3.8) is 0 Å². The number of rotatable bonds is 8. The number of para-hydroxylation sites is 1. The minimum Gasteiger partial charge on any atom is -0.467 e. The topological polar surface area (TPSA) is 86.6 Å². The standard InChI is InChI=1S/C29H33FN2O5/c1-6-7-14-25-22(21-13-8-9-15-24(21)32(25)28(35)37-29(2,3)4)18-26(33)31-23(27(34)36-5)17-19-11-10-12-20(30)16-19/h6-13,15-16,23H,14,17-18H2,1-5H3,(H,31,33)/b7-6-. The summed E-state index contributed by atoms with van der Waals surface area (Å²) in [6.45, 7) is 7.26. The highest BCUT2D eigenvalue weighted by Gasteiger charge is 2.28. The van der Waals surface area contributed by atoms with Crippen molar-refractivity contribution in [3.8, 4) is 0 Å². The minimum absolute atomic E-state index is 0.0707. The molecule has 0 aliphatic carbocycles. The van der Waals surface area contributed by atoms with Crippen molar-refractivity contribution in [3.05, 3.63) is 83.3 Å². The molecule has 0 aliphatic heterocycles. The van der Waals surface area contributed by atoms with Crippen LogP contribution in [0.1, 0.15) is 44.5 Å². The molecule has 3 rings (SSSR count). The van der Waals surface area contributed by atoms with Crippen molar-refractivity contribution in [2.45, 2.75) is 58.6 Å². The monoisotopic (exact) mass is 508 g/mol. The van der Waals surface area contributed by atoms with Crippen LogP contribution in [0, 0.1) is 5.82 Å². The van der Waals surface area contributed by atoms with E-state index in [1.807, 2.05) is 37.3 Å². The van der Waals surface area contributed by atoms with Crippen LogP contribution < -0.4 is 5.32 Å². The predicted octanol–water partition coefficient (Wildman–Crippen LogP) is 5.13. The molecule has 7 nitrogen and oxygen atoms in total. The van der Waals surface area contributed by atoms with Crippen LogP contribution in [-0.4, -0.2) is 41.3 Å². The van der Waals surface area contributed by atoms with Crippen LogP contribution >= 0.6 is 0 Å². The molecule has 1 atom stereocenters. The predicted molar refractivity (Wildman–Crippen MR) is 140 cm³/mol. The zero-order valence-electron chi connectivity index (χ0n) is 21.8. The van der Waals surface area contributed by atoms with Crippen LogP contribution in [0.2, 0.25) is 0 Å². The minimum atomic E-state index is -1.00. The molecule has 0 saturated carbocycles. The third-order valence-electron chi connectivity index (χ3n) is 5.70. The van der Waals surface area contributed by atoms with E-state index in [2.05, 4.69) is 5.32 Å². The average molecular weight is 509 g/mol. The molecule has 0 fully saturated rings. The third-order valence-corrected chi connectivity index (χ3v) is 5.70.